The molecular formula is C25H37N3O4. The van der Waals surface area contributed by atoms with Crippen LogP contribution < -0.4 is 4.74 Å². The van der Waals surface area contributed by atoms with Gasteiger partial charge in [0.1, 0.15) is 11.4 Å². The summed E-state index contributed by atoms with van der Waals surface area (Å²) < 4.78 is 11.2. The third kappa shape index (κ3) is 5.51. The molecule has 3 rings (SSSR count). The van der Waals surface area contributed by atoms with E-state index in [9.17, 15) is 9.59 Å². The predicted molar refractivity (Wildman–Crippen MR) is 125 cm³/mol. The number of hydrogen-bond acceptors (Lipinski definition) is 6. The number of hydrogen-bond donors (Lipinski definition) is 0. The molecule has 2 heterocycles. The molecule has 1 saturated heterocycles. The van der Waals surface area contributed by atoms with E-state index in [0.717, 1.165) is 37.2 Å². The number of imide groups is 1. The van der Waals surface area contributed by atoms with Crippen LogP contribution >= 0.6 is 0 Å². The summed E-state index contributed by atoms with van der Waals surface area (Å²) in [6.45, 7) is 9.38. The van der Waals surface area contributed by atoms with Crippen molar-refractivity contribution in [2.75, 3.05) is 46.9 Å². The van der Waals surface area contributed by atoms with Crippen molar-refractivity contribution in [3.63, 3.8) is 0 Å². The molecule has 0 N–H and O–H groups in total. The number of likely N-dealkylation sites (tertiary alicyclic amines) is 1. The van der Waals surface area contributed by atoms with Crippen LogP contribution in [-0.2, 0) is 14.3 Å². The lowest BCUT2D eigenvalue weighted by atomic mass is 10.00. The van der Waals surface area contributed by atoms with E-state index in [0.29, 0.717) is 37.4 Å². The van der Waals surface area contributed by atoms with E-state index in [4.69, 9.17) is 9.47 Å². The summed E-state index contributed by atoms with van der Waals surface area (Å²) in [5.74, 6) is 0.323. The van der Waals surface area contributed by atoms with Gasteiger partial charge in [-0.2, -0.15) is 0 Å². The number of carbonyl (C=O) groups excluding carboxylic acids is 2. The molecule has 7 heteroatoms. The Hall–Kier alpha value is -2.38. The van der Waals surface area contributed by atoms with Gasteiger partial charge in [-0.15, -0.1) is 0 Å². The first-order valence-corrected chi connectivity index (χ1v) is 11.7. The summed E-state index contributed by atoms with van der Waals surface area (Å²) in [7, 11) is 4.07. The molecule has 0 bridgehead atoms. The maximum atomic E-state index is 13.5. The van der Waals surface area contributed by atoms with E-state index in [-0.39, 0.29) is 24.0 Å². The van der Waals surface area contributed by atoms with Crippen molar-refractivity contribution in [2.24, 2.45) is 0 Å². The molecule has 0 aliphatic carbocycles. The summed E-state index contributed by atoms with van der Waals surface area (Å²) in [5.41, 5.74) is 1.75. The van der Waals surface area contributed by atoms with Gasteiger partial charge in [-0.25, -0.2) is 0 Å². The number of carbonyl (C=O) groups is 2. The average molecular weight is 444 g/mol. The van der Waals surface area contributed by atoms with E-state index >= 15 is 0 Å². The maximum Gasteiger partial charge on any atom is 0.277 e. The van der Waals surface area contributed by atoms with Gasteiger partial charge >= 0.3 is 0 Å². The SMILES string of the molecule is CCOCCCN1C(=O)C(c2ccc(OC(C)C)cc2)=C(N(C)C2CCN(C)CC2)C1=O. The first-order chi connectivity index (χ1) is 15.3. The molecule has 0 unspecified atom stereocenters. The molecular weight excluding hydrogens is 406 g/mol. The van der Waals surface area contributed by atoms with Crippen molar-refractivity contribution in [3.8, 4) is 5.75 Å². The molecule has 2 aliphatic rings. The fourth-order valence-electron chi connectivity index (χ4n) is 4.36. The molecule has 176 valence electrons. The van der Waals surface area contributed by atoms with Gasteiger partial charge in [-0.3, -0.25) is 14.5 Å². The molecule has 2 aliphatic heterocycles. The van der Waals surface area contributed by atoms with Crippen LogP contribution in [0.2, 0.25) is 0 Å². The van der Waals surface area contributed by atoms with Crippen LogP contribution in [0.5, 0.6) is 5.75 Å². The highest BCUT2D eigenvalue weighted by atomic mass is 16.5. The summed E-state index contributed by atoms with van der Waals surface area (Å²) in [4.78, 5) is 32.6. The maximum absolute atomic E-state index is 13.5. The Morgan fingerprint density at radius 1 is 1.09 bits per heavy atom. The molecule has 1 fully saturated rings. The van der Waals surface area contributed by atoms with Crippen molar-refractivity contribution < 1.29 is 19.1 Å². The fourth-order valence-corrected chi connectivity index (χ4v) is 4.36. The number of benzene rings is 1. The van der Waals surface area contributed by atoms with Gasteiger partial charge in [0, 0.05) is 32.8 Å². The number of nitrogens with zero attached hydrogens (tertiary/aromatic N) is 3. The Morgan fingerprint density at radius 2 is 1.75 bits per heavy atom. The van der Waals surface area contributed by atoms with Crippen LogP contribution in [0.3, 0.4) is 0 Å². The second kappa shape index (κ2) is 11.0. The Balaban J connectivity index is 1.90. The smallest absolute Gasteiger partial charge is 0.277 e. The molecule has 1 aromatic rings. The number of ether oxygens (including phenoxy) is 2. The van der Waals surface area contributed by atoms with E-state index in [1.165, 1.54) is 4.90 Å². The zero-order valence-electron chi connectivity index (χ0n) is 20.1. The van der Waals surface area contributed by atoms with Crippen LogP contribution in [0.4, 0.5) is 0 Å². The quantitative estimate of drug-likeness (QED) is 0.409. The molecule has 0 saturated carbocycles. The Morgan fingerprint density at radius 3 is 2.34 bits per heavy atom. The fraction of sp³-hybridized carbons (Fsp3) is 0.600. The lowest BCUT2D eigenvalue weighted by Gasteiger charge is -2.36. The average Bonchev–Trinajstić information content (AvgIpc) is 3.01. The van der Waals surface area contributed by atoms with E-state index in [1.807, 2.05) is 57.0 Å². The minimum atomic E-state index is -0.223. The second-order valence-electron chi connectivity index (χ2n) is 8.87. The first-order valence-electron chi connectivity index (χ1n) is 11.7. The van der Waals surface area contributed by atoms with E-state index in [1.54, 1.807) is 0 Å². The monoisotopic (exact) mass is 443 g/mol. The zero-order chi connectivity index (χ0) is 23.3. The highest BCUT2D eigenvalue weighted by molar-refractivity contribution is 6.35. The van der Waals surface area contributed by atoms with Gasteiger partial charge in [-0.1, -0.05) is 12.1 Å². The lowest BCUT2D eigenvalue weighted by molar-refractivity contribution is -0.137. The molecule has 2 amide bonds. The molecule has 1 aromatic carbocycles. The molecule has 0 aromatic heterocycles. The molecule has 32 heavy (non-hydrogen) atoms. The standard InChI is InChI=1S/C25H37N3O4/c1-6-31-17-7-14-28-24(29)22(19-8-10-21(11-9-19)32-18(2)3)23(25(28)30)27(5)20-12-15-26(4)16-13-20/h8-11,18,20H,6-7,12-17H2,1-5H3. The van der Waals surface area contributed by atoms with E-state index < -0.39 is 0 Å². The summed E-state index contributed by atoms with van der Waals surface area (Å²) in [6.07, 6.45) is 2.64. The van der Waals surface area contributed by atoms with Crippen LogP contribution in [0.1, 0.15) is 45.6 Å². The van der Waals surface area contributed by atoms with Crippen LogP contribution in [0.15, 0.2) is 30.0 Å². The Bertz CT molecular complexity index is 826. The Kier molecular flexibility index (Phi) is 8.32. The Labute approximate surface area is 191 Å². The zero-order valence-corrected chi connectivity index (χ0v) is 20.1. The van der Waals surface area contributed by atoms with Crippen LogP contribution in [0.25, 0.3) is 5.57 Å². The number of likely N-dealkylation sites (N-methyl/N-ethyl adjacent to an activating group) is 1. The molecule has 0 spiro atoms. The van der Waals surface area contributed by atoms with Crippen LogP contribution in [0, 0.1) is 0 Å². The van der Waals surface area contributed by atoms with Gasteiger partial charge in [-0.05, 0) is 77.9 Å². The first kappa shape index (κ1) is 24.3. The summed E-state index contributed by atoms with van der Waals surface area (Å²) >= 11 is 0. The minimum Gasteiger partial charge on any atom is -0.491 e. The minimum absolute atomic E-state index is 0.0710. The normalized spacial score (nSPS) is 18.2. The molecule has 0 radical (unpaired) electrons. The number of piperidine rings is 1. The lowest BCUT2D eigenvalue weighted by Crippen LogP contribution is -2.43. The molecule has 0 atom stereocenters. The van der Waals surface area contributed by atoms with Crippen molar-refractivity contribution in [3.05, 3.63) is 35.5 Å². The topological polar surface area (TPSA) is 62.3 Å². The largest absolute Gasteiger partial charge is 0.491 e. The highest BCUT2D eigenvalue weighted by Gasteiger charge is 2.42. The van der Waals surface area contributed by atoms with Gasteiger partial charge < -0.3 is 19.3 Å². The number of amides is 2. The van der Waals surface area contributed by atoms with Crippen LogP contribution in [-0.4, -0.2) is 85.6 Å². The van der Waals surface area contributed by atoms with E-state index in [2.05, 4.69) is 11.9 Å². The van der Waals surface area contributed by atoms with Crippen molar-refractivity contribution in [1.82, 2.24) is 14.7 Å². The summed E-state index contributed by atoms with van der Waals surface area (Å²) in [6, 6.07) is 7.73. The van der Waals surface area contributed by atoms with Crippen molar-refractivity contribution >= 4 is 17.4 Å². The van der Waals surface area contributed by atoms with Gasteiger partial charge in [0.05, 0.1) is 11.7 Å². The predicted octanol–water partition coefficient (Wildman–Crippen LogP) is 3.01. The molecule has 7 nitrogen and oxygen atoms in total. The number of rotatable bonds is 10. The van der Waals surface area contributed by atoms with Gasteiger partial charge in [0.25, 0.3) is 11.8 Å². The third-order valence-corrected chi connectivity index (χ3v) is 6.12. The summed E-state index contributed by atoms with van der Waals surface area (Å²) in [5, 5.41) is 0. The second-order valence-corrected chi connectivity index (χ2v) is 8.87. The van der Waals surface area contributed by atoms with Crippen molar-refractivity contribution in [2.45, 2.75) is 52.2 Å². The third-order valence-electron chi connectivity index (χ3n) is 6.12. The van der Waals surface area contributed by atoms with Crippen molar-refractivity contribution in [1.29, 1.82) is 0 Å². The van der Waals surface area contributed by atoms with Gasteiger partial charge in [0.2, 0.25) is 0 Å². The van der Waals surface area contributed by atoms with Gasteiger partial charge in [0.15, 0.2) is 0 Å². The highest BCUT2D eigenvalue weighted by Crippen LogP contribution is 2.34.